The van der Waals surface area contributed by atoms with Crippen LogP contribution in [0.5, 0.6) is 0 Å². The van der Waals surface area contributed by atoms with E-state index in [-0.39, 0.29) is 17.7 Å². The Kier molecular flexibility index (Phi) is 5.42. The summed E-state index contributed by atoms with van der Waals surface area (Å²) in [5.74, 6) is -1.96. The SMILES string of the molecule is CCCN(CC(=O)O)C(C)c1cc(F)c(C)cc1F. The van der Waals surface area contributed by atoms with Crippen LogP contribution < -0.4 is 0 Å². The molecule has 0 aromatic heterocycles. The largest absolute Gasteiger partial charge is 0.480 e. The minimum Gasteiger partial charge on any atom is -0.480 e. The number of aliphatic carboxylic acids is 1. The monoisotopic (exact) mass is 271 g/mol. The molecule has 1 aromatic carbocycles. The molecule has 0 fully saturated rings. The molecule has 0 heterocycles. The average Bonchev–Trinajstić information content (AvgIpc) is 2.32. The van der Waals surface area contributed by atoms with Crippen LogP contribution in [-0.2, 0) is 4.79 Å². The van der Waals surface area contributed by atoms with Gasteiger partial charge in [0.05, 0.1) is 6.54 Å². The maximum atomic E-state index is 13.9. The van der Waals surface area contributed by atoms with Gasteiger partial charge in [-0.15, -0.1) is 0 Å². The van der Waals surface area contributed by atoms with Crippen LogP contribution in [0.4, 0.5) is 8.78 Å². The first-order chi connectivity index (χ1) is 8.86. The summed E-state index contributed by atoms with van der Waals surface area (Å²) in [5.41, 5.74) is 0.437. The lowest BCUT2D eigenvalue weighted by atomic mass is 10.0. The second kappa shape index (κ2) is 6.61. The zero-order valence-corrected chi connectivity index (χ0v) is 11.4. The van der Waals surface area contributed by atoms with E-state index in [9.17, 15) is 13.6 Å². The predicted molar refractivity (Wildman–Crippen MR) is 69.0 cm³/mol. The fourth-order valence-electron chi connectivity index (χ4n) is 2.05. The number of halogens is 2. The molecule has 106 valence electrons. The number of carboxylic acid groups (broad SMARTS) is 1. The second-order valence-electron chi connectivity index (χ2n) is 4.66. The van der Waals surface area contributed by atoms with Crippen LogP contribution >= 0.6 is 0 Å². The van der Waals surface area contributed by atoms with Crippen LogP contribution in [0.15, 0.2) is 12.1 Å². The summed E-state index contributed by atoms with van der Waals surface area (Å²) >= 11 is 0. The van der Waals surface area contributed by atoms with Crippen LogP contribution in [-0.4, -0.2) is 29.1 Å². The van der Waals surface area contributed by atoms with Crippen molar-refractivity contribution in [2.75, 3.05) is 13.1 Å². The fourth-order valence-corrected chi connectivity index (χ4v) is 2.05. The van der Waals surface area contributed by atoms with Crippen molar-refractivity contribution in [1.82, 2.24) is 4.90 Å². The highest BCUT2D eigenvalue weighted by Crippen LogP contribution is 2.25. The molecular formula is C14H19F2NO2. The normalized spacial score (nSPS) is 12.7. The van der Waals surface area contributed by atoms with Gasteiger partial charge in [-0.25, -0.2) is 8.78 Å². The molecule has 1 rings (SSSR count). The summed E-state index contributed by atoms with van der Waals surface area (Å²) in [6, 6.07) is 1.82. The Labute approximate surface area is 111 Å². The number of rotatable bonds is 6. The van der Waals surface area contributed by atoms with Crippen molar-refractivity contribution in [2.45, 2.75) is 33.2 Å². The van der Waals surface area contributed by atoms with Gasteiger partial charge in [0, 0.05) is 11.6 Å². The van der Waals surface area contributed by atoms with Gasteiger partial charge >= 0.3 is 5.97 Å². The van der Waals surface area contributed by atoms with Crippen molar-refractivity contribution in [3.05, 3.63) is 34.9 Å². The first-order valence-electron chi connectivity index (χ1n) is 6.28. The Morgan fingerprint density at radius 1 is 1.37 bits per heavy atom. The average molecular weight is 271 g/mol. The fraction of sp³-hybridized carbons (Fsp3) is 0.500. The quantitative estimate of drug-likeness (QED) is 0.864. The van der Waals surface area contributed by atoms with E-state index in [2.05, 4.69) is 0 Å². The highest BCUT2D eigenvalue weighted by atomic mass is 19.1. The Bertz CT molecular complexity index is 463. The molecule has 5 heteroatoms. The lowest BCUT2D eigenvalue weighted by Crippen LogP contribution is -2.33. The maximum absolute atomic E-state index is 13.9. The number of benzene rings is 1. The smallest absolute Gasteiger partial charge is 0.317 e. The van der Waals surface area contributed by atoms with Crippen LogP contribution in [0.25, 0.3) is 0 Å². The van der Waals surface area contributed by atoms with Crippen molar-refractivity contribution < 1.29 is 18.7 Å². The third-order valence-electron chi connectivity index (χ3n) is 3.12. The lowest BCUT2D eigenvalue weighted by molar-refractivity contribution is -0.138. The summed E-state index contributed by atoms with van der Waals surface area (Å²) in [7, 11) is 0. The molecule has 0 bridgehead atoms. The zero-order valence-electron chi connectivity index (χ0n) is 11.4. The molecule has 1 unspecified atom stereocenters. The molecule has 1 N–H and O–H groups in total. The Hall–Kier alpha value is -1.49. The first kappa shape index (κ1) is 15.6. The highest BCUT2D eigenvalue weighted by Gasteiger charge is 2.21. The van der Waals surface area contributed by atoms with E-state index in [1.54, 1.807) is 11.8 Å². The van der Waals surface area contributed by atoms with Crippen LogP contribution in [0.2, 0.25) is 0 Å². The van der Waals surface area contributed by atoms with Crippen molar-refractivity contribution in [1.29, 1.82) is 0 Å². The standard InChI is InChI=1S/C14H19F2NO2/c1-4-5-17(8-14(18)19)10(3)11-7-12(15)9(2)6-13(11)16/h6-7,10H,4-5,8H2,1-3H3,(H,18,19). The third kappa shape index (κ3) is 3.99. The van der Waals surface area contributed by atoms with Gasteiger partial charge in [-0.05, 0) is 44.5 Å². The number of aryl methyl sites for hydroxylation is 1. The van der Waals surface area contributed by atoms with Gasteiger partial charge in [-0.3, -0.25) is 9.69 Å². The van der Waals surface area contributed by atoms with E-state index in [0.29, 0.717) is 6.54 Å². The van der Waals surface area contributed by atoms with Gasteiger partial charge in [0.15, 0.2) is 0 Å². The summed E-state index contributed by atoms with van der Waals surface area (Å²) < 4.78 is 27.4. The van der Waals surface area contributed by atoms with Crippen molar-refractivity contribution in [3.63, 3.8) is 0 Å². The molecule has 0 aliphatic heterocycles. The number of hydrogen-bond acceptors (Lipinski definition) is 2. The van der Waals surface area contributed by atoms with Gasteiger partial charge in [0.2, 0.25) is 0 Å². The topological polar surface area (TPSA) is 40.5 Å². The summed E-state index contributed by atoms with van der Waals surface area (Å²) in [4.78, 5) is 12.4. The molecule has 1 aromatic rings. The number of carboxylic acids is 1. The molecule has 0 saturated heterocycles. The lowest BCUT2D eigenvalue weighted by Gasteiger charge is -2.27. The van der Waals surface area contributed by atoms with Gasteiger partial charge in [-0.2, -0.15) is 0 Å². The van der Waals surface area contributed by atoms with Crippen molar-refractivity contribution in [3.8, 4) is 0 Å². The van der Waals surface area contributed by atoms with Crippen molar-refractivity contribution >= 4 is 5.97 Å². The minimum atomic E-state index is -0.978. The molecule has 3 nitrogen and oxygen atoms in total. The second-order valence-corrected chi connectivity index (χ2v) is 4.66. The van der Waals surface area contributed by atoms with E-state index >= 15 is 0 Å². The molecule has 0 saturated carbocycles. The molecule has 0 aliphatic rings. The number of nitrogens with zero attached hydrogens (tertiary/aromatic N) is 1. The first-order valence-corrected chi connectivity index (χ1v) is 6.28. The molecule has 0 spiro atoms. The predicted octanol–water partition coefficient (Wildman–Crippen LogP) is 3.13. The van der Waals surface area contributed by atoms with Crippen molar-refractivity contribution in [2.24, 2.45) is 0 Å². The van der Waals surface area contributed by atoms with Gasteiger partial charge < -0.3 is 5.11 Å². The van der Waals surface area contributed by atoms with E-state index in [1.807, 2.05) is 6.92 Å². The summed E-state index contributed by atoms with van der Waals surface area (Å²) in [6.45, 7) is 5.42. The minimum absolute atomic E-state index is 0.191. The van der Waals surface area contributed by atoms with E-state index in [0.717, 1.165) is 18.6 Å². The highest BCUT2D eigenvalue weighted by molar-refractivity contribution is 5.69. The number of hydrogen-bond donors (Lipinski definition) is 1. The van der Waals surface area contributed by atoms with Crippen LogP contribution in [0.1, 0.15) is 37.4 Å². The molecule has 0 aliphatic carbocycles. The van der Waals surface area contributed by atoms with E-state index < -0.39 is 23.6 Å². The van der Waals surface area contributed by atoms with Gasteiger partial charge in [-0.1, -0.05) is 6.92 Å². The molecule has 0 radical (unpaired) electrons. The van der Waals surface area contributed by atoms with E-state index in [4.69, 9.17) is 5.11 Å². The van der Waals surface area contributed by atoms with Gasteiger partial charge in [0.1, 0.15) is 11.6 Å². The van der Waals surface area contributed by atoms with Crippen LogP contribution in [0.3, 0.4) is 0 Å². The summed E-state index contributed by atoms with van der Waals surface area (Å²) in [5, 5.41) is 8.86. The van der Waals surface area contributed by atoms with E-state index in [1.165, 1.54) is 6.92 Å². The summed E-state index contributed by atoms with van der Waals surface area (Å²) in [6.07, 6.45) is 0.744. The Morgan fingerprint density at radius 3 is 2.53 bits per heavy atom. The Morgan fingerprint density at radius 2 is 2.00 bits per heavy atom. The maximum Gasteiger partial charge on any atom is 0.317 e. The third-order valence-corrected chi connectivity index (χ3v) is 3.12. The van der Waals surface area contributed by atoms with Gasteiger partial charge in [0.25, 0.3) is 0 Å². The number of carbonyl (C=O) groups is 1. The van der Waals surface area contributed by atoms with Crippen LogP contribution in [0, 0.1) is 18.6 Å². The Balaban J connectivity index is 3.04. The molecular weight excluding hydrogens is 252 g/mol. The molecule has 19 heavy (non-hydrogen) atoms. The zero-order chi connectivity index (χ0) is 14.6. The molecule has 0 amide bonds. The molecule has 1 atom stereocenters.